The van der Waals surface area contributed by atoms with Crippen LogP contribution >= 0.6 is 15.9 Å². The Morgan fingerprint density at radius 3 is 2.96 bits per heavy atom. The molecule has 0 aliphatic carbocycles. The first-order valence-corrected chi connectivity index (χ1v) is 8.24. The molecule has 6 nitrogen and oxygen atoms in total. The van der Waals surface area contributed by atoms with Crippen LogP contribution in [0.5, 0.6) is 0 Å². The number of ether oxygens (including phenoxy) is 1. The summed E-state index contributed by atoms with van der Waals surface area (Å²) >= 11 is 3.37. The average molecular weight is 377 g/mol. The van der Waals surface area contributed by atoms with Crippen LogP contribution in [0.3, 0.4) is 0 Å². The number of halogens is 1. The van der Waals surface area contributed by atoms with E-state index in [4.69, 9.17) is 4.74 Å². The fraction of sp³-hybridized carbons (Fsp3) is 0.312. The maximum atomic E-state index is 12.1. The molecular formula is C16H17BrN4O2. The van der Waals surface area contributed by atoms with Gasteiger partial charge in [-0.2, -0.15) is 0 Å². The van der Waals surface area contributed by atoms with E-state index in [1.54, 1.807) is 6.20 Å². The second-order valence-electron chi connectivity index (χ2n) is 5.27. The molecule has 7 heteroatoms. The highest BCUT2D eigenvalue weighted by Gasteiger charge is 2.15. The molecule has 0 spiro atoms. The van der Waals surface area contributed by atoms with E-state index < -0.39 is 0 Å². The molecule has 0 radical (unpaired) electrons. The summed E-state index contributed by atoms with van der Waals surface area (Å²) in [6.45, 7) is 1.53. The molecule has 1 aliphatic rings. The van der Waals surface area contributed by atoms with Crippen molar-refractivity contribution in [2.24, 2.45) is 0 Å². The SMILES string of the molecule is O=C(Nc1cccc(Br)c1)c1cnc(NCC2CCCO2)cn1. The lowest BCUT2D eigenvalue weighted by molar-refractivity contribution is 0.102. The molecular weight excluding hydrogens is 360 g/mol. The van der Waals surface area contributed by atoms with Gasteiger partial charge >= 0.3 is 0 Å². The van der Waals surface area contributed by atoms with Crippen LogP contribution in [-0.2, 0) is 4.74 Å². The summed E-state index contributed by atoms with van der Waals surface area (Å²) in [5, 5.41) is 5.96. The second-order valence-corrected chi connectivity index (χ2v) is 6.18. The van der Waals surface area contributed by atoms with Crippen molar-refractivity contribution in [1.29, 1.82) is 0 Å². The van der Waals surface area contributed by atoms with Crippen molar-refractivity contribution < 1.29 is 9.53 Å². The minimum atomic E-state index is -0.290. The van der Waals surface area contributed by atoms with Gasteiger partial charge in [-0.15, -0.1) is 0 Å². The number of benzene rings is 1. The van der Waals surface area contributed by atoms with Gasteiger partial charge in [0, 0.05) is 23.3 Å². The third kappa shape index (κ3) is 4.49. The number of anilines is 2. The van der Waals surface area contributed by atoms with Crippen LogP contribution in [0.1, 0.15) is 23.3 Å². The Bertz CT molecular complexity index is 672. The highest BCUT2D eigenvalue weighted by Crippen LogP contribution is 2.16. The smallest absolute Gasteiger partial charge is 0.275 e. The zero-order valence-electron chi connectivity index (χ0n) is 12.5. The summed E-state index contributed by atoms with van der Waals surface area (Å²) in [6, 6.07) is 7.38. The molecule has 0 bridgehead atoms. The van der Waals surface area contributed by atoms with Crippen LogP contribution in [-0.4, -0.2) is 35.1 Å². The lowest BCUT2D eigenvalue weighted by Gasteiger charge is -2.11. The number of carbonyl (C=O) groups is 1. The van der Waals surface area contributed by atoms with E-state index in [0.717, 1.165) is 23.9 Å². The van der Waals surface area contributed by atoms with Crippen LogP contribution in [0, 0.1) is 0 Å². The highest BCUT2D eigenvalue weighted by atomic mass is 79.9. The largest absolute Gasteiger partial charge is 0.376 e. The zero-order chi connectivity index (χ0) is 16.1. The normalized spacial score (nSPS) is 17.0. The number of nitrogens with zero attached hydrogens (tertiary/aromatic N) is 2. The minimum Gasteiger partial charge on any atom is -0.376 e. The summed E-state index contributed by atoms with van der Waals surface area (Å²) < 4.78 is 6.43. The Hall–Kier alpha value is -1.99. The molecule has 1 aromatic carbocycles. The Morgan fingerprint density at radius 2 is 2.26 bits per heavy atom. The van der Waals surface area contributed by atoms with Gasteiger partial charge in [-0.05, 0) is 31.0 Å². The van der Waals surface area contributed by atoms with E-state index in [-0.39, 0.29) is 17.7 Å². The number of aromatic nitrogens is 2. The van der Waals surface area contributed by atoms with E-state index in [2.05, 4.69) is 36.5 Å². The molecule has 2 heterocycles. The van der Waals surface area contributed by atoms with E-state index in [1.807, 2.05) is 24.3 Å². The topological polar surface area (TPSA) is 76.1 Å². The summed E-state index contributed by atoms with van der Waals surface area (Å²) in [5.74, 6) is 0.348. The quantitative estimate of drug-likeness (QED) is 0.838. The van der Waals surface area contributed by atoms with E-state index in [1.165, 1.54) is 6.20 Å². The number of amides is 1. The summed E-state index contributed by atoms with van der Waals surface area (Å²) in [6.07, 6.45) is 5.42. The zero-order valence-corrected chi connectivity index (χ0v) is 14.0. The van der Waals surface area contributed by atoms with Crippen LogP contribution < -0.4 is 10.6 Å². The minimum absolute atomic E-state index is 0.233. The molecule has 1 saturated heterocycles. The van der Waals surface area contributed by atoms with Gasteiger partial charge in [-0.1, -0.05) is 22.0 Å². The molecule has 120 valence electrons. The fourth-order valence-corrected chi connectivity index (χ4v) is 2.72. The molecule has 1 unspecified atom stereocenters. The maximum absolute atomic E-state index is 12.1. The first kappa shape index (κ1) is 15.9. The molecule has 3 rings (SSSR count). The van der Waals surface area contributed by atoms with Gasteiger partial charge in [0.15, 0.2) is 0 Å². The molecule has 1 aromatic heterocycles. The number of rotatable bonds is 5. The Morgan fingerprint density at radius 1 is 1.35 bits per heavy atom. The standard InChI is InChI=1S/C16H17BrN4O2/c17-11-3-1-4-12(7-11)21-16(22)14-9-20-15(10-18-14)19-8-13-5-2-6-23-13/h1,3-4,7,9-10,13H,2,5-6,8H2,(H,19,20)(H,21,22). The van der Waals surface area contributed by atoms with Gasteiger partial charge in [0.25, 0.3) is 5.91 Å². The van der Waals surface area contributed by atoms with Gasteiger partial charge in [0.2, 0.25) is 0 Å². The van der Waals surface area contributed by atoms with E-state index >= 15 is 0 Å². The summed E-state index contributed by atoms with van der Waals surface area (Å²) in [4.78, 5) is 20.5. The number of nitrogens with one attached hydrogen (secondary N) is 2. The Labute approximate surface area is 142 Å². The second kappa shape index (κ2) is 7.52. The molecule has 23 heavy (non-hydrogen) atoms. The molecule has 2 N–H and O–H groups in total. The van der Waals surface area contributed by atoms with Gasteiger partial charge in [-0.25, -0.2) is 9.97 Å². The number of carbonyl (C=O) groups excluding carboxylic acids is 1. The molecule has 0 saturated carbocycles. The lowest BCUT2D eigenvalue weighted by atomic mass is 10.2. The first-order chi connectivity index (χ1) is 11.2. The highest BCUT2D eigenvalue weighted by molar-refractivity contribution is 9.10. The fourth-order valence-electron chi connectivity index (χ4n) is 2.32. The van der Waals surface area contributed by atoms with Gasteiger partial charge < -0.3 is 15.4 Å². The molecule has 2 aromatic rings. The average Bonchev–Trinajstić information content (AvgIpc) is 3.07. The van der Waals surface area contributed by atoms with Crippen molar-refractivity contribution in [3.8, 4) is 0 Å². The van der Waals surface area contributed by atoms with Crippen LogP contribution in [0.2, 0.25) is 0 Å². The number of hydrogen-bond acceptors (Lipinski definition) is 5. The van der Waals surface area contributed by atoms with Gasteiger partial charge in [0.05, 0.1) is 18.5 Å². The van der Waals surface area contributed by atoms with Crippen molar-refractivity contribution in [1.82, 2.24) is 9.97 Å². The van der Waals surface area contributed by atoms with E-state index in [9.17, 15) is 4.79 Å². The predicted octanol–water partition coefficient (Wildman–Crippen LogP) is 3.08. The molecule has 1 amide bonds. The van der Waals surface area contributed by atoms with Crippen molar-refractivity contribution in [2.75, 3.05) is 23.8 Å². The Balaban J connectivity index is 1.56. The molecule has 1 aliphatic heterocycles. The van der Waals surface area contributed by atoms with Crippen molar-refractivity contribution in [3.05, 3.63) is 46.8 Å². The van der Waals surface area contributed by atoms with Crippen LogP contribution in [0.25, 0.3) is 0 Å². The van der Waals surface area contributed by atoms with Crippen molar-refractivity contribution in [3.63, 3.8) is 0 Å². The lowest BCUT2D eigenvalue weighted by Crippen LogP contribution is -2.19. The van der Waals surface area contributed by atoms with E-state index in [0.29, 0.717) is 18.1 Å². The van der Waals surface area contributed by atoms with Gasteiger partial charge in [0.1, 0.15) is 11.5 Å². The molecule has 1 fully saturated rings. The number of hydrogen-bond donors (Lipinski definition) is 2. The van der Waals surface area contributed by atoms with Gasteiger partial charge in [-0.3, -0.25) is 4.79 Å². The van der Waals surface area contributed by atoms with Crippen LogP contribution in [0.4, 0.5) is 11.5 Å². The first-order valence-electron chi connectivity index (χ1n) is 7.45. The monoisotopic (exact) mass is 376 g/mol. The van der Waals surface area contributed by atoms with Crippen LogP contribution in [0.15, 0.2) is 41.1 Å². The molecule has 1 atom stereocenters. The van der Waals surface area contributed by atoms with Crippen molar-refractivity contribution >= 4 is 33.3 Å². The maximum Gasteiger partial charge on any atom is 0.275 e. The Kier molecular flexibility index (Phi) is 5.19. The summed E-state index contributed by atoms with van der Waals surface area (Å²) in [7, 11) is 0. The van der Waals surface area contributed by atoms with Crippen molar-refractivity contribution in [2.45, 2.75) is 18.9 Å². The predicted molar refractivity (Wildman–Crippen MR) is 91.6 cm³/mol. The third-order valence-corrected chi connectivity index (χ3v) is 4.00. The summed E-state index contributed by atoms with van der Waals surface area (Å²) in [5.41, 5.74) is 0.972. The third-order valence-electron chi connectivity index (χ3n) is 3.50.